The zero-order chi connectivity index (χ0) is 24.9. The SMILES string of the molecule is COC(=O)N(CCc1ccccc1Nc1ccc(C(=O)c2ccccc2C)c(Cl)c1)C(C)(C)C. The van der Waals surface area contributed by atoms with E-state index in [9.17, 15) is 9.59 Å². The van der Waals surface area contributed by atoms with Crippen LogP contribution < -0.4 is 5.32 Å². The lowest BCUT2D eigenvalue weighted by molar-refractivity contribution is 0.0844. The average molecular weight is 479 g/mol. The number of ketones is 1. The Morgan fingerprint density at radius 2 is 1.65 bits per heavy atom. The molecule has 0 atom stereocenters. The molecule has 0 fully saturated rings. The summed E-state index contributed by atoms with van der Waals surface area (Å²) < 4.78 is 4.97. The van der Waals surface area contributed by atoms with Crippen molar-refractivity contribution >= 4 is 34.9 Å². The quantitative estimate of drug-likeness (QED) is 0.370. The number of nitrogens with zero attached hydrogens (tertiary/aromatic N) is 1. The number of methoxy groups -OCH3 is 1. The summed E-state index contributed by atoms with van der Waals surface area (Å²) in [6.07, 6.45) is 0.297. The summed E-state index contributed by atoms with van der Waals surface area (Å²) in [6, 6.07) is 20.8. The van der Waals surface area contributed by atoms with Gasteiger partial charge in [0.2, 0.25) is 0 Å². The topological polar surface area (TPSA) is 58.6 Å². The van der Waals surface area contributed by atoms with Crippen molar-refractivity contribution in [2.24, 2.45) is 0 Å². The standard InChI is InChI=1S/C28H31ClN2O3/c1-19-10-6-8-12-22(19)26(32)23-15-14-21(18-24(23)29)30-25-13-9-7-11-20(25)16-17-31(27(33)34-5)28(2,3)4/h6-15,18,30H,16-17H2,1-5H3. The van der Waals surface area contributed by atoms with Crippen LogP contribution in [0.15, 0.2) is 66.7 Å². The molecule has 0 aliphatic rings. The first-order valence-electron chi connectivity index (χ1n) is 11.2. The van der Waals surface area contributed by atoms with E-state index in [0.717, 1.165) is 22.5 Å². The second kappa shape index (κ2) is 10.7. The number of hydrogen-bond donors (Lipinski definition) is 1. The fraction of sp³-hybridized carbons (Fsp3) is 0.286. The molecule has 0 saturated carbocycles. The highest BCUT2D eigenvalue weighted by Gasteiger charge is 2.27. The van der Waals surface area contributed by atoms with Gasteiger partial charge in [0.25, 0.3) is 0 Å². The van der Waals surface area contributed by atoms with Gasteiger partial charge in [-0.3, -0.25) is 4.79 Å². The first-order chi connectivity index (χ1) is 16.1. The fourth-order valence-electron chi connectivity index (χ4n) is 3.81. The van der Waals surface area contributed by atoms with Gasteiger partial charge in [0.1, 0.15) is 0 Å². The minimum absolute atomic E-state index is 0.0971. The summed E-state index contributed by atoms with van der Waals surface area (Å²) in [5.74, 6) is -0.0971. The van der Waals surface area contributed by atoms with Gasteiger partial charge in [-0.25, -0.2) is 4.79 Å². The third kappa shape index (κ3) is 5.97. The maximum atomic E-state index is 13.0. The van der Waals surface area contributed by atoms with Gasteiger partial charge < -0.3 is 15.0 Å². The van der Waals surface area contributed by atoms with Crippen LogP contribution in [0.5, 0.6) is 0 Å². The molecule has 1 amide bonds. The number of amides is 1. The lowest BCUT2D eigenvalue weighted by Crippen LogP contribution is -2.46. The van der Waals surface area contributed by atoms with Gasteiger partial charge in [-0.05, 0) is 69.5 Å². The Morgan fingerprint density at radius 3 is 2.29 bits per heavy atom. The fourth-order valence-corrected chi connectivity index (χ4v) is 4.07. The highest BCUT2D eigenvalue weighted by Crippen LogP contribution is 2.28. The zero-order valence-corrected chi connectivity index (χ0v) is 21.1. The zero-order valence-electron chi connectivity index (χ0n) is 20.3. The van der Waals surface area contributed by atoms with E-state index in [4.69, 9.17) is 16.3 Å². The summed E-state index contributed by atoms with van der Waals surface area (Å²) in [5, 5.41) is 3.80. The second-order valence-corrected chi connectivity index (χ2v) is 9.57. The molecule has 6 heteroatoms. The van der Waals surface area contributed by atoms with E-state index in [1.807, 2.05) is 82.3 Å². The van der Waals surface area contributed by atoms with E-state index in [0.29, 0.717) is 29.1 Å². The molecule has 34 heavy (non-hydrogen) atoms. The average Bonchev–Trinajstić information content (AvgIpc) is 2.79. The van der Waals surface area contributed by atoms with Crippen LogP contribution in [-0.4, -0.2) is 36.0 Å². The van der Waals surface area contributed by atoms with Gasteiger partial charge in [0.15, 0.2) is 5.78 Å². The van der Waals surface area contributed by atoms with Crippen molar-refractivity contribution in [3.8, 4) is 0 Å². The van der Waals surface area contributed by atoms with Gasteiger partial charge >= 0.3 is 6.09 Å². The van der Waals surface area contributed by atoms with Crippen molar-refractivity contribution in [2.45, 2.75) is 39.7 Å². The molecule has 3 aromatic rings. The number of halogens is 1. The maximum Gasteiger partial charge on any atom is 0.409 e. The molecule has 3 aromatic carbocycles. The van der Waals surface area contributed by atoms with Gasteiger partial charge in [0, 0.05) is 34.6 Å². The number of ether oxygens (including phenoxy) is 1. The second-order valence-electron chi connectivity index (χ2n) is 9.16. The van der Waals surface area contributed by atoms with Crippen LogP contribution in [0.4, 0.5) is 16.2 Å². The third-order valence-electron chi connectivity index (χ3n) is 5.71. The summed E-state index contributed by atoms with van der Waals surface area (Å²) in [7, 11) is 1.40. The number of hydrogen-bond acceptors (Lipinski definition) is 4. The molecular weight excluding hydrogens is 448 g/mol. The Hall–Kier alpha value is -3.31. The molecule has 0 unspecified atom stereocenters. The number of anilines is 2. The molecule has 3 rings (SSSR count). The number of para-hydroxylation sites is 1. The summed E-state index contributed by atoms with van der Waals surface area (Å²) in [4.78, 5) is 26.9. The molecule has 0 aliphatic heterocycles. The summed E-state index contributed by atoms with van der Waals surface area (Å²) in [5.41, 5.74) is 4.41. The number of carbonyl (C=O) groups is 2. The lowest BCUT2D eigenvalue weighted by atomic mass is 9.99. The molecule has 0 saturated heterocycles. The van der Waals surface area contributed by atoms with Crippen LogP contribution in [0, 0.1) is 6.92 Å². The minimum atomic E-state index is -0.359. The summed E-state index contributed by atoms with van der Waals surface area (Å²) >= 11 is 6.52. The van der Waals surface area contributed by atoms with Crippen LogP contribution >= 0.6 is 11.6 Å². The van der Waals surface area contributed by atoms with Gasteiger partial charge in [-0.2, -0.15) is 0 Å². The number of benzene rings is 3. The van der Waals surface area contributed by atoms with Crippen LogP contribution in [-0.2, 0) is 11.2 Å². The predicted octanol–water partition coefficient (Wildman–Crippen LogP) is 7.03. The van der Waals surface area contributed by atoms with E-state index in [2.05, 4.69) is 5.32 Å². The van der Waals surface area contributed by atoms with Crippen LogP contribution in [0.3, 0.4) is 0 Å². The number of aryl methyl sites for hydroxylation is 1. The smallest absolute Gasteiger partial charge is 0.409 e. The number of rotatable bonds is 7. The molecule has 0 radical (unpaired) electrons. The maximum absolute atomic E-state index is 13.0. The van der Waals surface area contributed by atoms with Crippen molar-refractivity contribution in [2.75, 3.05) is 19.0 Å². The normalized spacial score (nSPS) is 11.1. The molecule has 1 N–H and O–H groups in total. The molecule has 0 heterocycles. The monoisotopic (exact) mass is 478 g/mol. The largest absolute Gasteiger partial charge is 0.453 e. The van der Waals surface area contributed by atoms with Gasteiger partial charge in [-0.1, -0.05) is 54.1 Å². The van der Waals surface area contributed by atoms with Crippen molar-refractivity contribution < 1.29 is 14.3 Å². The highest BCUT2D eigenvalue weighted by molar-refractivity contribution is 6.35. The van der Waals surface area contributed by atoms with Crippen molar-refractivity contribution in [1.29, 1.82) is 0 Å². The van der Waals surface area contributed by atoms with Crippen LogP contribution in [0.25, 0.3) is 0 Å². The van der Waals surface area contributed by atoms with E-state index in [1.165, 1.54) is 7.11 Å². The van der Waals surface area contributed by atoms with E-state index >= 15 is 0 Å². The molecular formula is C28H31ClN2O3. The number of carbonyl (C=O) groups excluding carboxylic acids is 2. The Kier molecular flexibility index (Phi) is 8.00. The Balaban J connectivity index is 1.79. The van der Waals surface area contributed by atoms with Gasteiger partial charge in [0.05, 0.1) is 12.1 Å². The van der Waals surface area contributed by atoms with E-state index in [1.54, 1.807) is 17.0 Å². The lowest BCUT2D eigenvalue weighted by Gasteiger charge is -2.34. The first-order valence-corrected chi connectivity index (χ1v) is 11.6. The van der Waals surface area contributed by atoms with Crippen LogP contribution in [0.1, 0.15) is 47.8 Å². The van der Waals surface area contributed by atoms with Crippen LogP contribution in [0.2, 0.25) is 5.02 Å². The highest BCUT2D eigenvalue weighted by atomic mass is 35.5. The minimum Gasteiger partial charge on any atom is -0.453 e. The Labute approximate surface area is 206 Å². The van der Waals surface area contributed by atoms with E-state index in [-0.39, 0.29) is 17.4 Å². The first kappa shape index (κ1) is 25.3. The molecule has 5 nitrogen and oxygen atoms in total. The van der Waals surface area contributed by atoms with Crippen molar-refractivity contribution in [3.05, 3.63) is 94.0 Å². The van der Waals surface area contributed by atoms with E-state index < -0.39 is 0 Å². The molecule has 0 spiro atoms. The molecule has 0 bridgehead atoms. The van der Waals surface area contributed by atoms with Crippen molar-refractivity contribution in [1.82, 2.24) is 4.90 Å². The number of nitrogens with one attached hydrogen (secondary N) is 1. The van der Waals surface area contributed by atoms with Gasteiger partial charge in [-0.15, -0.1) is 0 Å². The summed E-state index contributed by atoms with van der Waals surface area (Å²) in [6.45, 7) is 8.37. The third-order valence-corrected chi connectivity index (χ3v) is 6.02. The Morgan fingerprint density at radius 1 is 0.971 bits per heavy atom. The molecule has 178 valence electrons. The van der Waals surface area contributed by atoms with Crippen molar-refractivity contribution in [3.63, 3.8) is 0 Å². The molecule has 0 aromatic heterocycles. The molecule has 0 aliphatic carbocycles. The Bertz CT molecular complexity index is 1180. The predicted molar refractivity (Wildman–Crippen MR) is 138 cm³/mol.